The first kappa shape index (κ1) is 18.5. The molecule has 1 amide bonds. The van der Waals surface area contributed by atoms with Crippen molar-refractivity contribution >= 4 is 16.9 Å². The lowest BCUT2D eigenvalue weighted by molar-refractivity contribution is -0.126. The highest BCUT2D eigenvalue weighted by Crippen LogP contribution is 2.31. The number of aromatic nitrogens is 2. The molecular formula is C23H27N3O2. The van der Waals surface area contributed by atoms with Crippen molar-refractivity contribution in [3.63, 3.8) is 0 Å². The number of rotatable bonds is 6. The van der Waals surface area contributed by atoms with Gasteiger partial charge >= 0.3 is 0 Å². The van der Waals surface area contributed by atoms with E-state index < -0.39 is 0 Å². The van der Waals surface area contributed by atoms with Crippen LogP contribution in [0.1, 0.15) is 37.1 Å². The fourth-order valence-electron chi connectivity index (χ4n) is 4.18. The molecule has 0 saturated heterocycles. The lowest BCUT2D eigenvalue weighted by Gasteiger charge is -2.27. The summed E-state index contributed by atoms with van der Waals surface area (Å²) in [5.74, 6) is 2.75. The van der Waals surface area contributed by atoms with Crippen molar-refractivity contribution in [2.24, 2.45) is 11.8 Å². The predicted octanol–water partition coefficient (Wildman–Crippen LogP) is 4.24. The molecule has 0 radical (unpaired) electrons. The van der Waals surface area contributed by atoms with E-state index in [4.69, 9.17) is 9.72 Å². The van der Waals surface area contributed by atoms with Gasteiger partial charge in [-0.2, -0.15) is 0 Å². The summed E-state index contributed by atoms with van der Waals surface area (Å²) in [6, 6.07) is 16.0. The van der Waals surface area contributed by atoms with Crippen LogP contribution in [0.4, 0.5) is 0 Å². The first-order valence-corrected chi connectivity index (χ1v) is 10.1. The highest BCUT2D eigenvalue weighted by molar-refractivity contribution is 5.78. The Morgan fingerprint density at radius 2 is 1.86 bits per heavy atom. The minimum absolute atomic E-state index is 0.113. The van der Waals surface area contributed by atoms with Gasteiger partial charge in [-0.05, 0) is 49.8 Å². The molecule has 3 aromatic rings. The van der Waals surface area contributed by atoms with Gasteiger partial charge in [0.1, 0.15) is 11.6 Å². The van der Waals surface area contributed by atoms with E-state index in [0.717, 1.165) is 60.3 Å². The number of carbonyl (C=O) groups is 1. The van der Waals surface area contributed by atoms with Crippen LogP contribution in [-0.2, 0) is 17.8 Å². The molecule has 0 atom stereocenters. The average Bonchev–Trinajstić information content (AvgIpc) is 3.15. The SMILES string of the molecule is COc1ccccc1CNC(=O)C1CCC(Cc2nc3ccccc3[nH]2)CC1. The van der Waals surface area contributed by atoms with Crippen LogP contribution in [0, 0.1) is 11.8 Å². The molecular weight excluding hydrogens is 350 g/mol. The van der Waals surface area contributed by atoms with E-state index in [1.165, 1.54) is 0 Å². The molecule has 1 aliphatic carbocycles. The van der Waals surface area contributed by atoms with Gasteiger partial charge in [0.2, 0.25) is 5.91 Å². The monoisotopic (exact) mass is 377 g/mol. The van der Waals surface area contributed by atoms with Gasteiger partial charge in [-0.25, -0.2) is 4.98 Å². The zero-order chi connectivity index (χ0) is 19.3. The molecule has 1 aliphatic rings. The number of hydrogen-bond donors (Lipinski definition) is 2. The number of benzene rings is 2. The number of para-hydroxylation sites is 3. The number of hydrogen-bond acceptors (Lipinski definition) is 3. The Morgan fingerprint density at radius 3 is 2.64 bits per heavy atom. The van der Waals surface area contributed by atoms with Crippen LogP contribution in [0.3, 0.4) is 0 Å². The molecule has 5 heteroatoms. The highest BCUT2D eigenvalue weighted by Gasteiger charge is 2.27. The highest BCUT2D eigenvalue weighted by atomic mass is 16.5. The molecule has 0 unspecified atom stereocenters. The second kappa shape index (κ2) is 8.46. The normalized spacial score (nSPS) is 19.5. The summed E-state index contributed by atoms with van der Waals surface area (Å²) in [5.41, 5.74) is 3.14. The molecule has 1 fully saturated rings. The Morgan fingerprint density at radius 1 is 1.11 bits per heavy atom. The lowest BCUT2D eigenvalue weighted by atomic mass is 9.80. The first-order chi connectivity index (χ1) is 13.7. The third-order valence-electron chi connectivity index (χ3n) is 5.78. The van der Waals surface area contributed by atoms with Crippen LogP contribution < -0.4 is 10.1 Å². The van der Waals surface area contributed by atoms with Crippen molar-refractivity contribution in [2.45, 2.75) is 38.6 Å². The van der Waals surface area contributed by atoms with Crippen LogP contribution in [0.2, 0.25) is 0 Å². The molecule has 1 heterocycles. The Bertz CT molecular complexity index is 909. The van der Waals surface area contributed by atoms with E-state index in [1.807, 2.05) is 42.5 Å². The van der Waals surface area contributed by atoms with Crippen molar-refractivity contribution in [3.05, 3.63) is 59.9 Å². The van der Waals surface area contributed by atoms with Crippen LogP contribution in [0.15, 0.2) is 48.5 Å². The molecule has 0 spiro atoms. The van der Waals surface area contributed by atoms with Crippen molar-refractivity contribution in [1.82, 2.24) is 15.3 Å². The Kier molecular flexibility index (Phi) is 5.60. The molecule has 5 nitrogen and oxygen atoms in total. The second-order valence-corrected chi connectivity index (χ2v) is 7.65. The van der Waals surface area contributed by atoms with Gasteiger partial charge in [0, 0.05) is 24.4 Å². The van der Waals surface area contributed by atoms with E-state index in [0.29, 0.717) is 12.5 Å². The molecule has 0 aliphatic heterocycles. The van der Waals surface area contributed by atoms with Crippen LogP contribution in [0.25, 0.3) is 11.0 Å². The quantitative estimate of drug-likeness (QED) is 0.675. The lowest BCUT2D eigenvalue weighted by Crippen LogP contribution is -2.33. The van der Waals surface area contributed by atoms with Crippen molar-refractivity contribution < 1.29 is 9.53 Å². The fraction of sp³-hybridized carbons (Fsp3) is 0.391. The Labute approximate surface area is 165 Å². The topological polar surface area (TPSA) is 67.0 Å². The molecule has 0 bridgehead atoms. The van der Waals surface area contributed by atoms with E-state index >= 15 is 0 Å². The summed E-state index contributed by atoms with van der Waals surface area (Å²) < 4.78 is 5.36. The summed E-state index contributed by atoms with van der Waals surface area (Å²) in [6.07, 6.45) is 5.00. The van der Waals surface area contributed by atoms with Gasteiger partial charge in [0.05, 0.1) is 18.1 Å². The largest absolute Gasteiger partial charge is 0.496 e. The number of fused-ring (bicyclic) bond motifs is 1. The third-order valence-corrected chi connectivity index (χ3v) is 5.78. The average molecular weight is 377 g/mol. The van der Waals surface area contributed by atoms with Crippen LogP contribution in [0.5, 0.6) is 5.75 Å². The van der Waals surface area contributed by atoms with E-state index in [2.05, 4.69) is 16.4 Å². The molecule has 28 heavy (non-hydrogen) atoms. The number of H-pyrrole nitrogens is 1. The van der Waals surface area contributed by atoms with Gasteiger partial charge < -0.3 is 15.0 Å². The molecule has 2 aromatic carbocycles. The summed E-state index contributed by atoms with van der Waals surface area (Å²) in [5, 5.41) is 3.09. The van der Waals surface area contributed by atoms with Crippen molar-refractivity contribution in [2.75, 3.05) is 7.11 Å². The molecule has 1 aromatic heterocycles. The number of methoxy groups -OCH3 is 1. The van der Waals surface area contributed by atoms with Crippen LogP contribution in [-0.4, -0.2) is 23.0 Å². The number of imidazole rings is 1. The maximum absolute atomic E-state index is 12.6. The molecule has 1 saturated carbocycles. The smallest absolute Gasteiger partial charge is 0.223 e. The summed E-state index contributed by atoms with van der Waals surface area (Å²) in [7, 11) is 1.66. The van der Waals surface area contributed by atoms with Crippen molar-refractivity contribution in [3.8, 4) is 5.75 Å². The number of ether oxygens (including phenoxy) is 1. The maximum atomic E-state index is 12.6. The number of amides is 1. The van der Waals surface area contributed by atoms with E-state index in [-0.39, 0.29) is 11.8 Å². The van der Waals surface area contributed by atoms with E-state index in [1.54, 1.807) is 7.11 Å². The molecule has 4 rings (SSSR count). The standard InChI is InChI=1S/C23H27N3O2/c1-28-21-9-5-2-6-18(21)15-24-23(27)17-12-10-16(11-13-17)14-22-25-19-7-3-4-8-20(19)26-22/h2-9,16-17H,10-15H2,1H3,(H,24,27)(H,25,26). The van der Waals surface area contributed by atoms with Crippen LogP contribution >= 0.6 is 0 Å². The van der Waals surface area contributed by atoms with E-state index in [9.17, 15) is 4.79 Å². The van der Waals surface area contributed by atoms with Gasteiger partial charge in [-0.3, -0.25) is 4.79 Å². The minimum atomic E-state index is 0.113. The number of nitrogens with zero attached hydrogens (tertiary/aromatic N) is 1. The Balaban J connectivity index is 1.27. The summed E-state index contributed by atoms with van der Waals surface area (Å²) in [4.78, 5) is 20.7. The maximum Gasteiger partial charge on any atom is 0.223 e. The third kappa shape index (κ3) is 4.19. The Hall–Kier alpha value is -2.82. The van der Waals surface area contributed by atoms with Gasteiger partial charge in [-0.1, -0.05) is 30.3 Å². The molecule has 146 valence electrons. The number of nitrogens with one attached hydrogen (secondary N) is 2. The van der Waals surface area contributed by atoms with Gasteiger partial charge in [0.15, 0.2) is 0 Å². The number of carbonyl (C=O) groups excluding carboxylic acids is 1. The number of aromatic amines is 1. The van der Waals surface area contributed by atoms with Crippen molar-refractivity contribution in [1.29, 1.82) is 0 Å². The zero-order valence-corrected chi connectivity index (χ0v) is 16.3. The fourth-order valence-corrected chi connectivity index (χ4v) is 4.18. The van der Waals surface area contributed by atoms with Gasteiger partial charge in [-0.15, -0.1) is 0 Å². The summed E-state index contributed by atoms with van der Waals surface area (Å²) >= 11 is 0. The second-order valence-electron chi connectivity index (χ2n) is 7.65. The predicted molar refractivity (Wildman–Crippen MR) is 110 cm³/mol. The first-order valence-electron chi connectivity index (χ1n) is 10.1. The minimum Gasteiger partial charge on any atom is -0.496 e. The zero-order valence-electron chi connectivity index (χ0n) is 16.3. The summed E-state index contributed by atoms with van der Waals surface area (Å²) in [6.45, 7) is 0.516. The molecule has 2 N–H and O–H groups in total. The van der Waals surface area contributed by atoms with Gasteiger partial charge in [0.25, 0.3) is 0 Å².